The average molecular weight is 340 g/mol. The van der Waals surface area contributed by atoms with Gasteiger partial charge in [0.15, 0.2) is 0 Å². The molecule has 1 atom stereocenters. The summed E-state index contributed by atoms with van der Waals surface area (Å²) >= 11 is 1.47. The quantitative estimate of drug-likeness (QED) is 0.629. The van der Waals surface area contributed by atoms with Gasteiger partial charge in [0.1, 0.15) is 5.00 Å². The van der Waals surface area contributed by atoms with Gasteiger partial charge in [-0.05, 0) is 31.7 Å². The van der Waals surface area contributed by atoms with Crippen LogP contribution in [0.3, 0.4) is 0 Å². The van der Waals surface area contributed by atoms with Gasteiger partial charge in [0.2, 0.25) is 5.91 Å². The van der Waals surface area contributed by atoms with Crippen molar-refractivity contribution in [3.63, 3.8) is 0 Å². The van der Waals surface area contributed by atoms with Crippen LogP contribution in [0.5, 0.6) is 0 Å². The second-order valence-electron chi connectivity index (χ2n) is 6.00. The summed E-state index contributed by atoms with van der Waals surface area (Å²) in [6.45, 7) is 10.4. The van der Waals surface area contributed by atoms with Crippen LogP contribution >= 0.6 is 11.3 Å². The number of rotatable bonds is 9. The molecule has 1 aromatic rings. The summed E-state index contributed by atoms with van der Waals surface area (Å²) in [7, 11) is 0. The molecule has 0 spiro atoms. The van der Waals surface area contributed by atoms with Gasteiger partial charge in [-0.1, -0.05) is 40.5 Å². The number of carbonyl (C=O) groups is 2. The van der Waals surface area contributed by atoms with Crippen LogP contribution in [0.1, 0.15) is 81.5 Å². The van der Waals surface area contributed by atoms with Crippen molar-refractivity contribution in [2.45, 2.75) is 66.2 Å². The minimum absolute atomic E-state index is 0.00338. The predicted octanol–water partition coefficient (Wildman–Crippen LogP) is 5.20. The maximum absolute atomic E-state index is 12.5. The molecule has 23 heavy (non-hydrogen) atoms. The Morgan fingerprint density at radius 2 is 1.96 bits per heavy atom. The van der Waals surface area contributed by atoms with E-state index < -0.39 is 0 Å². The first kappa shape index (κ1) is 19.7. The third-order valence-corrected chi connectivity index (χ3v) is 5.17. The van der Waals surface area contributed by atoms with Gasteiger partial charge in [-0.3, -0.25) is 4.79 Å². The number of carbonyl (C=O) groups excluding carboxylic acids is 2. The van der Waals surface area contributed by atoms with Crippen LogP contribution in [-0.2, 0) is 9.53 Å². The highest BCUT2D eigenvalue weighted by molar-refractivity contribution is 7.16. The number of hydrogen-bond acceptors (Lipinski definition) is 4. The van der Waals surface area contributed by atoms with Gasteiger partial charge in [0, 0.05) is 10.8 Å². The van der Waals surface area contributed by atoms with Gasteiger partial charge in [-0.2, -0.15) is 0 Å². The smallest absolute Gasteiger partial charge is 0.341 e. The molecular weight excluding hydrogens is 310 g/mol. The predicted molar refractivity (Wildman–Crippen MR) is 96.3 cm³/mol. The number of thiophene rings is 1. The van der Waals surface area contributed by atoms with Gasteiger partial charge in [-0.25, -0.2) is 4.79 Å². The Bertz CT molecular complexity index is 522. The second-order valence-corrected chi connectivity index (χ2v) is 7.09. The molecule has 130 valence electrons. The molecule has 0 aliphatic rings. The van der Waals surface area contributed by atoms with E-state index in [1.54, 1.807) is 6.92 Å². The van der Waals surface area contributed by atoms with E-state index in [1.807, 2.05) is 13.0 Å². The molecular formula is C18H29NO3S. The first-order chi connectivity index (χ1) is 10.9. The number of esters is 1. The van der Waals surface area contributed by atoms with Crippen molar-refractivity contribution in [2.24, 2.45) is 5.92 Å². The van der Waals surface area contributed by atoms with E-state index in [1.165, 1.54) is 11.3 Å². The molecule has 5 heteroatoms. The lowest BCUT2D eigenvalue weighted by molar-refractivity contribution is -0.120. The highest BCUT2D eigenvalue weighted by Gasteiger charge is 2.23. The lowest BCUT2D eigenvalue weighted by Gasteiger charge is -2.14. The van der Waals surface area contributed by atoms with Crippen LogP contribution in [0.25, 0.3) is 0 Å². The van der Waals surface area contributed by atoms with E-state index in [0.717, 1.165) is 30.6 Å². The van der Waals surface area contributed by atoms with Crippen LogP contribution in [0.4, 0.5) is 5.00 Å². The van der Waals surface area contributed by atoms with Crippen molar-refractivity contribution in [3.05, 3.63) is 16.5 Å². The topological polar surface area (TPSA) is 55.4 Å². The van der Waals surface area contributed by atoms with Crippen molar-refractivity contribution in [2.75, 3.05) is 11.9 Å². The largest absolute Gasteiger partial charge is 0.462 e. The van der Waals surface area contributed by atoms with E-state index in [0.29, 0.717) is 23.1 Å². The zero-order chi connectivity index (χ0) is 17.4. The zero-order valence-electron chi connectivity index (χ0n) is 14.9. The summed E-state index contributed by atoms with van der Waals surface area (Å²) in [5.41, 5.74) is 0.472. The lowest BCUT2D eigenvalue weighted by Crippen LogP contribution is -2.23. The monoisotopic (exact) mass is 339 g/mol. The Hall–Kier alpha value is -1.36. The van der Waals surface area contributed by atoms with Crippen molar-refractivity contribution >= 4 is 28.2 Å². The summed E-state index contributed by atoms with van der Waals surface area (Å²) in [6.07, 6.45) is 3.81. The maximum Gasteiger partial charge on any atom is 0.341 e. The molecule has 0 fully saturated rings. The molecule has 1 N–H and O–H groups in total. The van der Waals surface area contributed by atoms with Gasteiger partial charge in [0.05, 0.1) is 12.2 Å². The Kier molecular flexibility index (Phi) is 8.31. The fraction of sp³-hybridized carbons (Fsp3) is 0.667. The molecule has 0 radical (unpaired) electrons. The van der Waals surface area contributed by atoms with E-state index in [4.69, 9.17) is 4.74 Å². The lowest BCUT2D eigenvalue weighted by atomic mass is 9.98. The molecule has 1 rings (SSSR count). The van der Waals surface area contributed by atoms with Crippen molar-refractivity contribution in [3.8, 4) is 0 Å². The summed E-state index contributed by atoms with van der Waals surface area (Å²) < 4.78 is 5.11. The fourth-order valence-corrected chi connectivity index (χ4v) is 3.39. The molecule has 1 amide bonds. The standard InChI is InChI=1S/C18H29NO3S/c1-6-9-10-13(7-2)16(20)19-17-14(18(21)22-8-3)11-15(23-17)12(4)5/h11-13H,6-10H2,1-5H3,(H,19,20)/t13-/m1/s1. The molecule has 1 aromatic heterocycles. The maximum atomic E-state index is 12.5. The number of unbranched alkanes of at least 4 members (excludes halogenated alkanes) is 1. The normalized spacial score (nSPS) is 12.3. The van der Waals surface area contributed by atoms with Gasteiger partial charge in [0.25, 0.3) is 0 Å². The summed E-state index contributed by atoms with van der Waals surface area (Å²) in [5.74, 6) is -0.0632. The fourth-order valence-electron chi connectivity index (χ4n) is 2.33. The molecule has 0 unspecified atom stereocenters. The van der Waals surface area contributed by atoms with Crippen LogP contribution in [-0.4, -0.2) is 18.5 Å². The first-order valence-corrected chi connectivity index (χ1v) is 9.37. The van der Waals surface area contributed by atoms with E-state index in [2.05, 4.69) is 26.1 Å². The zero-order valence-corrected chi connectivity index (χ0v) is 15.7. The Morgan fingerprint density at radius 1 is 1.26 bits per heavy atom. The van der Waals surface area contributed by atoms with Crippen LogP contribution < -0.4 is 5.32 Å². The molecule has 0 aliphatic heterocycles. The number of amides is 1. The van der Waals surface area contributed by atoms with Crippen LogP contribution in [0.2, 0.25) is 0 Å². The number of ether oxygens (including phenoxy) is 1. The Morgan fingerprint density at radius 3 is 2.48 bits per heavy atom. The average Bonchev–Trinajstić information content (AvgIpc) is 2.92. The summed E-state index contributed by atoms with van der Waals surface area (Å²) in [6, 6.07) is 1.84. The molecule has 0 bridgehead atoms. The molecule has 4 nitrogen and oxygen atoms in total. The summed E-state index contributed by atoms with van der Waals surface area (Å²) in [5, 5.41) is 3.58. The minimum Gasteiger partial charge on any atom is -0.462 e. The van der Waals surface area contributed by atoms with Crippen LogP contribution in [0.15, 0.2) is 6.07 Å². The first-order valence-electron chi connectivity index (χ1n) is 8.56. The van der Waals surface area contributed by atoms with E-state index >= 15 is 0 Å². The van der Waals surface area contributed by atoms with E-state index in [9.17, 15) is 9.59 Å². The molecule has 0 aliphatic carbocycles. The number of hydrogen-bond donors (Lipinski definition) is 1. The van der Waals surface area contributed by atoms with Gasteiger partial charge >= 0.3 is 5.97 Å². The van der Waals surface area contributed by atoms with E-state index in [-0.39, 0.29) is 17.8 Å². The highest BCUT2D eigenvalue weighted by atomic mass is 32.1. The SMILES string of the molecule is CCCC[C@@H](CC)C(=O)Nc1sc(C(C)C)cc1C(=O)OCC. The molecule has 0 saturated carbocycles. The Labute approximate surface area is 143 Å². The summed E-state index contributed by atoms with van der Waals surface area (Å²) in [4.78, 5) is 25.7. The van der Waals surface area contributed by atoms with Gasteiger partial charge < -0.3 is 10.1 Å². The third kappa shape index (κ3) is 5.65. The highest BCUT2D eigenvalue weighted by Crippen LogP contribution is 2.34. The third-order valence-electron chi connectivity index (χ3n) is 3.82. The van der Waals surface area contributed by atoms with Gasteiger partial charge in [-0.15, -0.1) is 11.3 Å². The number of anilines is 1. The minimum atomic E-state index is -0.368. The van der Waals surface area contributed by atoms with Crippen molar-refractivity contribution in [1.29, 1.82) is 0 Å². The van der Waals surface area contributed by atoms with Crippen molar-refractivity contribution < 1.29 is 14.3 Å². The van der Waals surface area contributed by atoms with Crippen LogP contribution in [0, 0.1) is 5.92 Å². The molecule has 0 saturated heterocycles. The van der Waals surface area contributed by atoms with Crippen molar-refractivity contribution in [1.82, 2.24) is 0 Å². The second kappa shape index (κ2) is 9.71. The molecule has 0 aromatic carbocycles. The molecule has 1 heterocycles. The number of nitrogens with one attached hydrogen (secondary N) is 1. The Balaban J connectivity index is 2.96.